The second-order valence-electron chi connectivity index (χ2n) is 5.06. The number of hydrogen-bond donors (Lipinski definition) is 1. The fourth-order valence-corrected chi connectivity index (χ4v) is 4.71. The Bertz CT molecular complexity index is 632. The van der Waals surface area contributed by atoms with Gasteiger partial charge in [0.1, 0.15) is 0 Å². The average Bonchev–Trinajstić information content (AvgIpc) is 2.71. The highest BCUT2D eigenvalue weighted by Crippen LogP contribution is 2.28. The first-order valence-corrected chi connectivity index (χ1v) is 8.79. The first kappa shape index (κ1) is 15.4. The second kappa shape index (κ2) is 5.79. The Labute approximate surface area is 125 Å². The Kier molecular flexibility index (Phi) is 4.46. The zero-order valence-corrected chi connectivity index (χ0v) is 13.1. The first-order valence-electron chi connectivity index (χ1n) is 6.17. The highest BCUT2D eigenvalue weighted by molar-refractivity contribution is 9.10. The molecule has 0 radical (unpaired) electrons. The molecule has 0 aliphatic carbocycles. The van der Waals surface area contributed by atoms with Gasteiger partial charge >= 0.3 is 0 Å². The number of halogens is 1. The minimum absolute atomic E-state index is 0.00989. The van der Waals surface area contributed by atoms with Crippen LogP contribution in [0.25, 0.3) is 0 Å². The minimum Gasteiger partial charge on any atom is -0.327 e. The number of benzene rings is 1. The quantitative estimate of drug-likeness (QED) is 0.647. The van der Waals surface area contributed by atoms with Crippen LogP contribution in [0.2, 0.25) is 0 Å². The van der Waals surface area contributed by atoms with E-state index in [2.05, 4.69) is 15.9 Å². The third-order valence-electron chi connectivity index (χ3n) is 3.57. The normalized spacial score (nSPS) is 22.6. The maximum atomic E-state index is 11.4. The largest absolute Gasteiger partial charge is 0.327 e. The van der Waals surface area contributed by atoms with Gasteiger partial charge < -0.3 is 5.73 Å². The highest BCUT2D eigenvalue weighted by Gasteiger charge is 2.32. The number of nitro benzene ring substituents is 1. The molecule has 1 saturated heterocycles. The molecule has 2 atom stereocenters. The molecular weight excluding hydrogens is 348 g/mol. The maximum absolute atomic E-state index is 11.4. The van der Waals surface area contributed by atoms with Crippen LogP contribution in [0.15, 0.2) is 22.7 Å². The van der Waals surface area contributed by atoms with Gasteiger partial charge in [-0.1, -0.05) is 22.0 Å². The van der Waals surface area contributed by atoms with Gasteiger partial charge in [-0.2, -0.15) is 0 Å². The molecule has 1 heterocycles. The van der Waals surface area contributed by atoms with Crippen LogP contribution < -0.4 is 5.73 Å². The lowest BCUT2D eigenvalue weighted by atomic mass is 9.93. The molecule has 1 aromatic carbocycles. The van der Waals surface area contributed by atoms with E-state index in [-0.39, 0.29) is 29.2 Å². The number of nitrogens with zero attached hydrogens (tertiary/aromatic N) is 1. The van der Waals surface area contributed by atoms with Crippen molar-refractivity contribution in [2.75, 3.05) is 11.5 Å². The summed E-state index contributed by atoms with van der Waals surface area (Å²) in [6.45, 7) is 0. The smallest absolute Gasteiger partial charge is 0.273 e. The van der Waals surface area contributed by atoms with E-state index in [1.165, 1.54) is 6.07 Å². The fraction of sp³-hybridized carbons (Fsp3) is 0.500. The van der Waals surface area contributed by atoms with Crippen LogP contribution in [0.4, 0.5) is 5.69 Å². The van der Waals surface area contributed by atoms with Gasteiger partial charge in [-0.05, 0) is 24.8 Å². The van der Waals surface area contributed by atoms with Gasteiger partial charge in [-0.25, -0.2) is 8.42 Å². The molecule has 20 heavy (non-hydrogen) atoms. The van der Waals surface area contributed by atoms with E-state index in [1.807, 2.05) is 0 Å². The highest BCUT2D eigenvalue weighted by atomic mass is 79.9. The first-order chi connectivity index (χ1) is 9.28. The summed E-state index contributed by atoms with van der Waals surface area (Å²) in [7, 11) is -2.99. The SMILES string of the molecule is NC(Cc1ccc(Br)cc1[N+](=O)[O-])C1CCS(=O)(=O)C1. The number of nitrogens with two attached hydrogens (primary N) is 1. The average molecular weight is 363 g/mol. The molecule has 6 nitrogen and oxygen atoms in total. The zero-order valence-electron chi connectivity index (χ0n) is 10.7. The Morgan fingerprint density at radius 1 is 1.50 bits per heavy atom. The van der Waals surface area contributed by atoms with Gasteiger partial charge in [-0.15, -0.1) is 0 Å². The molecule has 0 saturated carbocycles. The van der Waals surface area contributed by atoms with Crippen molar-refractivity contribution in [2.24, 2.45) is 11.7 Å². The lowest BCUT2D eigenvalue weighted by Crippen LogP contribution is -2.33. The van der Waals surface area contributed by atoms with Crippen LogP contribution in [0, 0.1) is 16.0 Å². The van der Waals surface area contributed by atoms with E-state index in [0.717, 1.165) is 0 Å². The third-order valence-corrected chi connectivity index (χ3v) is 5.86. The van der Waals surface area contributed by atoms with Crippen LogP contribution in [-0.2, 0) is 16.3 Å². The molecule has 1 fully saturated rings. The van der Waals surface area contributed by atoms with E-state index < -0.39 is 14.8 Å². The summed E-state index contributed by atoms with van der Waals surface area (Å²) >= 11 is 3.20. The summed E-state index contributed by atoms with van der Waals surface area (Å²) < 4.78 is 23.5. The van der Waals surface area contributed by atoms with Crippen molar-refractivity contribution in [3.63, 3.8) is 0 Å². The predicted molar refractivity (Wildman–Crippen MR) is 79.2 cm³/mol. The van der Waals surface area contributed by atoms with Crippen LogP contribution in [0.5, 0.6) is 0 Å². The Balaban J connectivity index is 2.16. The molecule has 0 spiro atoms. The van der Waals surface area contributed by atoms with Gasteiger partial charge in [0, 0.05) is 22.1 Å². The van der Waals surface area contributed by atoms with Gasteiger partial charge in [-0.3, -0.25) is 10.1 Å². The maximum Gasteiger partial charge on any atom is 0.273 e. The lowest BCUT2D eigenvalue weighted by Gasteiger charge is -2.17. The van der Waals surface area contributed by atoms with Crippen molar-refractivity contribution in [3.8, 4) is 0 Å². The van der Waals surface area contributed by atoms with Gasteiger partial charge in [0.15, 0.2) is 9.84 Å². The third kappa shape index (κ3) is 3.56. The lowest BCUT2D eigenvalue weighted by molar-refractivity contribution is -0.385. The van der Waals surface area contributed by atoms with E-state index >= 15 is 0 Å². The summed E-state index contributed by atoms with van der Waals surface area (Å²) in [5.41, 5.74) is 6.59. The number of sulfone groups is 1. The Morgan fingerprint density at radius 3 is 2.75 bits per heavy atom. The number of hydrogen-bond acceptors (Lipinski definition) is 5. The van der Waals surface area contributed by atoms with Crippen molar-refractivity contribution < 1.29 is 13.3 Å². The fourth-order valence-electron chi connectivity index (χ4n) is 2.46. The molecule has 0 aromatic heterocycles. The topological polar surface area (TPSA) is 103 Å². The summed E-state index contributed by atoms with van der Waals surface area (Å²) in [4.78, 5) is 10.6. The molecule has 0 amide bonds. The molecule has 8 heteroatoms. The van der Waals surface area contributed by atoms with Crippen LogP contribution in [0.3, 0.4) is 0 Å². The summed E-state index contributed by atoms with van der Waals surface area (Å²) in [6.07, 6.45) is 0.845. The molecule has 2 rings (SSSR count). The minimum atomic E-state index is -2.99. The van der Waals surface area contributed by atoms with Crippen molar-refractivity contribution in [1.82, 2.24) is 0 Å². The van der Waals surface area contributed by atoms with E-state index in [4.69, 9.17) is 5.73 Å². The standard InChI is InChI=1S/C12H15BrN2O4S/c13-10-2-1-8(12(6-10)15(16)17)5-11(14)9-3-4-20(18,19)7-9/h1-2,6,9,11H,3-5,7,14H2. The molecule has 110 valence electrons. The molecular formula is C12H15BrN2O4S. The van der Waals surface area contributed by atoms with Crippen molar-refractivity contribution in [3.05, 3.63) is 38.3 Å². The predicted octanol–water partition coefficient (Wildman–Crippen LogP) is 1.66. The second-order valence-corrected chi connectivity index (χ2v) is 8.21. The molecule has 1 aromatic rings. The van der Waals surface area contributed by atoms with Gasteiger partial charge in [0.2, 0.25) is 0 Å². The molecule has 2 N–H and O–H groups in total. The van der Waals surface area contributed by atoms with E-state index in [1.54, 1.807) is 12.1 Å². The van der Waals surface area contributed by atoms with Crippen molar-refractivity contribution in [1.29, 1.82) is 0 Å². The van der Waals surface area contributed by atoms with Crippen LogP contribution >= 0.6 is 15.9 Å². The van der Waals surface area contributed by atoms with Gasteiger partial charge in [0.25, 0.3) is 5.69 Å². The molecule has 0 bridgehead atoms. The summed E-state index contributed by atoms with van der Waals surface area (Å²) in [5.74, 6) is 0.120. The van der Waals surface area contributed by atoms with Gasteiger partial charge in [0.05, 0.1) is 16.4 Å². The molecule has 1 aliphatic rings. The monoisotopic (exact) mass is 362 g/mol. The zero-order chi connectivity index (χ0) is 14.9. The molecule has 1 aliphatic heterocycles. The van der Waals surface area contributed by atoms with E-state index in [0.29, 0.717) is 22.9 Å². The van der Waals surface area contributed by atoms with Crippen LogP contribution in [-0.4, -0.2) is 30.9 Å². The van der Waals surface area contributed by atoms with Crippen molar-refractivity contribution in [2.45, 2.75) is 18.9 Å². The number of rotatable bonds is 4. The molecule has 2 unspecified atom stereocenters. The Morgan fingerprint density at radius 2 is 2.20 bits per heavy atom. The number of nitro groups is 1. The van der Waals surface area contributed by atoms with E-state index in [9.17, 15) is 18.5 Å². The van der Waals surface area contributed by atoms with Crippen LogP contribution in [0.1, 0.15) is 12.0 Å². The Hall–Kier alpha value is -0.990. The summed E-state index contributed by atoms with van der Waals surface area (Å²) in [5, 5.41) is 11.0. The van der Waals surface area contributed by atoms with Crippen molar-refractivity contribution >= 4 is 31.5 Å². The summed E-state index contributed by atoms with van der Waals surface area (Å²) in [6, 6.07) is 4.44.